The zero-order valence-electron chi connectivity index (χ0n) is 8.49. The molecule has 1 saturated heterocycles. The lowest BCUT2D eigenvalue weighted by molar-refractivity contribution is 0.0597. The van der Waals surface area contributed by atoms with Crippen LogP contribution >= 0.6 is 0 Å². The summed E-state index contributed by atoms with van der Waals surface area (Å²) < 4.78 is 4.58. The molecule has 1 aliphatic rings. The average molecular weight is 207 g/mol. The molecule has 0 radical (unpaired) electrons. The van der Waals surface area contributed by atoms with E-state index in [1.807, 2.05) is 6.07 Å². The van der Waals surface area contributed by atoms with Crippen LogP contribution in [0.1, 0.15) is 28.4 Å². The Morgan fingerprint density at radius 1 is 1.60 bits per heavy atom. The number of hydrogen-bond acceptors (Lipinski definition) is 4. The van der Waals surface area contributed by atoms with E-state index in [4.69, 9.17) is 0 Å². The number of hydrogen-bond donors (Lipinski definition) is 2. The highest BCUT2D eigenvalue weighted by atomic mass is 16.5. The second-order valence-corrected chi connectivity index (χ2v) is 3.56. The van der Waals surface area contributed by atoms with Crippen molar-refractivity contribution in [3.05, 3.63) is 29.3 Å². The van der Waals surface area contributed by atoms with E-state index in [-0.39, 0.29) is 11.3 Å². The molecule has 0 aliphatic carbocycles. The average Bonchev–Trinajstić information content (AvgIpc) is 2.17. The fraction of sp³-hybridized carbons (Fsp3) is 0.364. The Bertz CT molecular complexity index is 385. The van der Waals surface area contributed by atoms with E-state index in [1.54, 1.807) is 6.07 Å². The van der Waals surface area contributed by atoms with Gasteiger partial charge in [0.2, 0.25) is 0 Å². The summed E-state index contributed by atoms with van der Waals surface area (Å²) in [5.41, 5.74) is 1.24. The SMILES string of the molecule is COC(=O)c1cc(C2CCN2)ccc1O. The van der Waals surface area contributed by atoms with Crippen molar-refractivity contribution in [1.82, 2.24) is 5.32 Å². The maximum Gasteiger partial charge on any atom is 0.341 e. The Balaban J connectivity index is 2.31. The van der Waals surface area contributed by atoms with Gasteiger partial charge in [0, 0.05) is 6.04 Å². The molecule has 1 atom stereocenters. The van der Waals surface area contributed by atoms with Crippen molar-refractivity contribution in [1.29, 1.82) is 0 Å². The van der Waals surface area contributed by atoms with Crippen LogP contribution < -0.4 is 5.32 Å². The molecule has 2 rings (SSSR count). The van der Waals surface area contributed by atoms with E-state index in [0.29, 0.717) is 6.04 Å². The summed E-state index contributed by atoms with van der Waals surface area (Å²) in [6.45, 7) is 0.999. The molecule has 1 fully saturated rings. The molecule has 1 aliphatic heterocycles. The molecule has 1 unspecified atom stereocenters. The Labute approximate surface area is 87.9 Å². The second kappa shape index (κ2) is 3.90. The summed E-state index contributed by atoms with van der Waals surface area (Å²) in [5.74, 6) is -0.543. The zero-order valence-corrected chi connectivity index (χ0v) is 8.49. The van der Waals surface area contributed by atoms with Gasteiger partial charge in [0.1, 0.15) is 11.3 Å². The van der Waals surface area contributed by atoms with E-state index < -0.39 is 5.97 Å². The van der Waals surface area contributed by atoms with Crippen LogP contribution in [0.3, 0.4) is 0 Å². The largest absolute Gasteiger partial charge is 0.507 e. The number of nitrogens with one attached hydrogen (secondary N) is 1. The lowest BCUT2D eigenvalue weighted by Gasteiger charge is -2.28. The summed E-state index contributed by atoms with van der Waals surface area (Å²) in [6.07, 6.45) is 1.06. The summed E-state index contributed by atoms with van der Waals surface area (Å²) in [4.78, 5) is 11.3. The van der Waals surface area contributed by atoms with Gasteiger partial charge in [-0.3, -0.25) is 0 Å². The monoisotopic (exact) mass is 207 g/mol. The summed E-state index contributed by atoms with van der Waals surface area (Å²) in [5, 5.41) is 12.7. The number of carbonyl (C=O) groups is 1. The standard InChI is InChI=1S/C11H13NO3/c1-15-11(14)8-6-7(2-3-10(8)13)9-4-5-12-9/h2-3,6,9,12-13H,4-5H2,1H3. The maximum atomic E-state index is 11.3. The maximum absolute atomic E-state index is 11.3. The number of carbonyl (C=O) groups excluding carboxylic acids is 1. The van der Waals surface area contributed by atoms with Gasteiger partial charge in [0.25, 0.3) is 0 Å². The van der Waals surface area contributed by atoms with E-state index in [2.05, 4.69) is 10.1 Å². The molecule has 4 nitrogen and oxygen atoms in total. The minimum Gasteiger partial charge on any atom is -0.507 e. The van der Waals surface area contributed by atoms with Gasteiger partial charge in [0.05, 0.1) is 7.11 Å². The molecule has 80 valence electrons. The fourth-order valence-corrected chi connectivity index (χ4v) is 1.62. The number of methoxy groups -OCH3 is 1. The van der Waals surface area contributed by atoms with E-state index >= 15 is 0 Å². The molecular formula is C11H13NO3. The van der Waals surface area contributed by atoms with Gasteiger partial charge < -0.3 is 15.2 Å². The van der Waals surface area contributed by atoms with Gasteiger partial charge in [-0.15, -0.1) is 0 Å². The number of phenolic OH excluding ortho intramolecular Hbond substituents is 1. The fourth-order valence-electron chi connectivity index (χ4n) is 1.62. The molecule has 0 amide bonds. The number of esters is 1. The summed E-state index contributed by atoms with van der Waals surface area (Å²) >= 11 is 0. The lowest BCUT2D eigenvalue weighted by Crippen LogP contribution is -2.35. The normalized spacial score (nSPS) is 19.4. The van der Waals surface area contributed by atoms with Crippen molar-refractivity contribution in [2.24, 2.45) is 0 Å². The van der Waals surface area contributed by atoms with Crippen molar-refractivity contribution >= 4 is 5.97 Å². The van der Waals surface area contributed by atoms with Gasteiger partial charge in [-0.1, -0.05) is 6.07 Å². The van der Waals surface area contributed by atoms with Crippen LogP contribution in [0.25, 0.3) is 0 Å². The third-order valence-electron chi connectivity index (χ3n) is 2.65. The van der Waals surface area contributed by atoms with Gasteiger partial charge in [-0.2, -0.15) is 0 Å². The zero-order chi connectivity index (χ0) is 10.8. The third kappa shape index (κ3) is 1.80. The van der Waals surface area contributed by atoms with E-state index in [9.17, 15) is 9.90 Å². The number of phenols is 1. The number of benzene rings is 1. The van der Waals surface area contributed by atoms with Crippen LogP contribution in [0.15, 0.2) is 18.2 Å². The molecule has 0 aromatic heterocycles. The van der Waals surface area contributed by atoms with Crippen LogP contribution in [0.2, 0.25) is 0 Å². The first kappa shape index (κ1) is 9.98. The minimum atomic E-state index is -0.506. The van der Waals surface area contributed by atoms with Crippen molar-refractivity contribution < 1.29 is 14.6 Å². The minimum absolute atomic E-state index is 0.0371. The molecule has 1 aromatic carbocycles. The van der Waals surface area contributed by atoms with E-state index in [0.717, 1.165) is 18.5 Å². The molecule has 1 heterocycles. The first-order chi connectivity index (χ1) is 7.22. The Kier molecular flexibility index (Phi) is 2.60. The van der Waals surface area contributed by atoms with Crippen LogP contribution in [-0.2, 0) is 4.74 Å². The first-order valence-corrected chi connectivity index (χ1v) is 4.87. The predicted octanol–water partition coefficient (Wildman–Crippen LogP) is 1.21. The molecule has 2 N–H and O–H groups in total. The van der Waals surface area contributed by atoms with Gasteiger partial charge in [0.15, 0.2) is 0 Å². The van der Waals surface area contributed by atoms with Gasteiger partial charge in [-0.25, -0.2) is 4.79 Å². The van der Waals surface area contributed by atoms with Crippen molar-refractivity contribution in [2.75, 3.05) is 13.7 Å². The van der Waals surface area contributed by atoms with Gasteiger partial charge >= 0.3 is 5.97 Å². The van der Waals surface area contributed by atoms with Gasteiger partial charge in [-0.05, 0) is 30.7 Å². The summed E-state index contributed by atoms with van der Waals surface area (Å²) in [6, 6.07) is 5.33. The highest BCUT2D eigenvalue weighted by molar-refractivity contribution is 5.92. The molecule has 0 bridgehead atoms. The summed E-state index contributed by atoms with van der Waals surface area (Å²) in [7, 11) is 1.30. The van der Waals surface area contributed by atoms with Crippen molar-refractivity contribution in [2.45, 2.75) is 12.5 Å². The number of ether oxygens (including phenoxy) is 1. The molecular weight excluding hydrogens is 194 g/mol. The van der Waals surface area contributed by atoms with Crippen molar-refractivity contribution in [3.8, 4) is 5.75 Å². The Morgan fingerprint density at radius 3 is 2.87 bits per heavy atom. The van der Waals surface area contributed by atoms with Crippen LogP contribution in [0, 0.1) is 0 Å². The molecule has 1 aromatic rings. The number of aromatic hydroxyl groups is 1. The van der Waals surface area contributed by atoms with Crippen molar-refractivity contribution in [3.63, 3.8) is 0 Å². The Morgan fingerprint density at radius 2 is 2.33 bits per heavy atom. The highest BCUT2D eigenvalue weighted by Gasteiger charge is 2.21. The van der Waals surface area contributed by atoms with E-state index in [1.165, 1.54) is 13.2 Å². The first-order valence-electron chi connectivity index (χ1n) is 4.87. The topological polar surface area (TPSA) is 58.6 Å². The second-order valence-electron chi connectivity index (χ2n) is 3.56. The van der Waals surface area contributed by atoms with Crippen LogP contribution in [0.4, 0.5) is 0 Å². The molecule has 0 spiro atoms. The third-order valence-corrected chi connectivity index (χ3v) is 2.65. The number of rotatable bonds is 2. The molecule has 0 saturated carbocycles. The predicted molar refractivity (Wildman–Crippen MR) is 54.8 cm³/mol. The quantitative estimate of drug-likeness (QED) is 0.716. The molecule has 15 heavy (non-hydrogen) atoms. The Hall–Kier alpha value is -1.55. The lowest BCUT2D eigenvalue weighted by atomic mass is 9.96. The highest BCUT2D eigenvalue weighted by Crippen LogP contribution is 2.27. The van der Waals surface area contributed by atoms with Crippen LogP contribution in [0.5, 0.6) is 5.75 Å². The molecule has 4 heteroatoms. The van der Waals surface area contributed by atoms with Crippen LogP contribution in [-0.4, -0.2) is 24.7 Å². The smallest absolute Gasteiger partial charge is 0.341 e.